The standard InChI is InChI=1S/C16H16FN3O2/c1-3-22-16(21)13-9(2)20-15(19)12(8-18)14(13)10-4-6-11(17)7-5-10/h4-7,12,14H,3H2,1-2H3,(H2,19,20). The summed E-state index contributed by atoms with van der Waals surface area (Å²) in [6.07, 6.45) is 0. The zero-order chi connectivity index (χ0) is 16.3. The summed E-state index contributed by atoms with van der Waals surface area (Å²) in [4.78, 5) is 16.3. The van der Waals surface area contributed by atoms with Crippen molar-refractivity contribution in [3.63, 3.8) is 0 Å². The first-order valence-electron chi connectivity index (χ1n) is 6.86. The van der Waals surface area contributed by atoms with E-state index in [1.807, 2.05) is 0 Å². The summed E-state index contributed by atoms with van der Waals surface area (Å²) in [5, 5.41) is 9.40. The molecule has 1 aliphatic heterocycles. The van der Waals surface area contributed by atoms with E-state index in [0.717, 1.165) is 0 Å². The summed E-state index contributed by atoms with van der Waals surface area (Å²) in [6.45, 7) is 3.55. The molecule has 0 radical (unpaired) electrons. The Morgan fingerprint density at radius 3 is 2.64 bits per heavy atom. The number of rotatable bonds is 3. The van der Waals surface area contributed by atoms with Crippen LogP contribution in [0, 0.1) is 23.1 Å². The number of hydrogen-bond donors (Lipinski definition) is 1. The monoisotopic (exact) mass is 301 g/mol. The van der Waals surface area contributed by atoms with Crippen LogP contribution in [0.3, 0.4) is 0 Å². The van der Waals surface area contributed by atoms with Crippen LogP contribution < -0.4 is 5.73 Å². The van der Waals surface area contributed by atoms with Gasteiger partial charge in [0.15, 0.2) is 0 Å². The molecule has 0 aliphatic carbocycles. The van der Waals surface area contributed by atoms with Crippen molar-refractivity contribution >= 4 is 11.8 Å². The first-order chi connectivity index (χ1) is 10.5. The maximum atomic E-state index is 13.1. The van der Waals surface area contributed by atoms with Crippen LogP contribution >= 0.6 is 0 Å². The smallest absolute Gasteiger partial charge is 0.336 e. The Bertz CT molecular complexity index is 686. The molecule has 1 aromatic carbocycles. The molecular weight excluding hydrogens is 285 g/mol. The number of ether oxygens (including phenoxy) is 1. The first-order valence-corrected chi connectivity index (χ1v) is 6.86. The summed E-state index contributed by atoms with van der Waals surface area (Å²) in [5.41, 5.74) is 7.16. The maximum absolute atomic E-state index is 13.1. The van der Waals surface area contributed by atoms with Gasteiger partial charge in [-0.1, -0.05) is 12.1 Å². The molecular formula is C16H16FN3O2. The van der Waals surface area contributed by atoms with Crippen molar-refractivity contribution in [2.45, 2.75) is 19.8 Å². The first kappa shape index (κ1) is 15.7. The summed E-state index contributed by atoms with van der Waals surface area (Å²) >= 11 is 0. The van der Waals surface area contributed by atoms with Gasteiger partial charge in [0, 0.05) is 5.92 Å². The molecule has 1 aliphatic rings. The number of aliphatic imine (C=N–C) groups is 1. The second kappa shape index (κ2) is 6.39. The van der Waals surface area contributed by atoms with Gasteiger partial charge in [0.1, 0.15) is 17.6 Å². The second-order valence-electron chi connectivity index (χ2n) is 4.89. The average molecular weight is 301 g/mol. The SMILES string of the molecule is CCOC(=O)C1=C(C)N=C(N)C(C#N)C1c1ccc(F)cc1. The summed E-state index contributed by atoms with van der Waals surface area (Å²) in [5.74, 6) is -2.21. The molecule has 1 aromatic rings. The molecule has 0 saturated heterocycles. The largest absolute Gasteiger partial charge is 0.463 e. The molecule has 1 heterocycles. The van der Waals surface area contributed by atoms with Crippen LogP contribution in [0.5, 0.6) is 0 Å². The maximum Gasteiger partial charge on any atom is 0.336 e. The fourth-order valence-electron chi connectivity index (χ4n) is 2.54. The number of esters is 1. The Kier molecular flexibility index (Phi) is 4.56. The molecule has 0 fully saturated rings. The number of nitrogens with two attached hydrogens (primary N) is 1. The molecule has 2 N–H and O–H groups in total. The Labute approximate surface area is 127 Å². The van der Waals surface area contributed by atoms with Gasteiger partial charge in [-0.25, -0.2) is 14.2 Å². The van der Waals surface area contributed by atoms with Gasteiger partial charge in [-0.2, -0.15) is 5.26 Å². The molecule has 0 amide bonds. The minimum atomic E-state index is -0.798. The van der Waals surface area contributed by atoms with E-state index in [-0.39, 0.29) is 18.0 Å². The normalized spacial score (nSPS) is 21.1. The van der Waals surface area contributed by atoms with Crippen LogP contribution in [-0.2, 0) is 9.53 Å². The number of hydrogen-bond acceptors (Lipinski definition) is 5. The highest BCUT2D eigenvalue weighted by molar-refractivity contribution is 5.97. The topological polar surface area (TPSA) is 88.5 Å². The minimum absolute atomic E-state index is 0.141. The zero-order valence-electron chi connectivity index (χ0n) is 12.3. The Morgan fingerprint density at radius 1 is 1.45 bits per heavy atom. The van der Waals surface area contributed by atoms with Gasteiger partial charge >= 0.3 is 5.97 Å². The van der Waals surface area contributed by atoms with Crippen molar-refractivity contribution in [2.24, 2.45) is 16.6 Å². The van der Waals surface area contributed by atoms with Crippen LogP contribution in [0.4, 0.5) is 4.39 Å². The average Bonchev–Trinajstić information content (AvgIpc) is 2.47. The van der Waals surface area contributed by atoms with Crippen LogP contribution in [0.25, 0.3) is 0 Å². The van der Waals surface area contributed by atoms with E-state index in [0.29, 0.717) is 11.3 Å². The number of amidine groups is 1. The number of benzene rings is 1. The minimum Gasteiger partial charge on any atom is -0.463 e. The zero-order valence-corrected chi connectivity index (χ0v) is 12.3. The number of nitriles is 1. The fraction of sp³-hybridized carbons (Fsp3) is 0.312. The van der Waals surface area contributed by atoms with Gasteiger partial charge in [-0.15, -0.1) is 0 Å². The highest BCUT2D eigenvalue weighted by Gasteiger charge is 2.38. The van der Waals surface area contributed by atoms with E-state index < -0.39 is 23.6 Å². The van der Waals surface area contributed by atoms with Gasteiger partial charge < -0.3 is 10.5 Å². The lowest BCUT2D eigenvalue weighted by atomic mass is 9.78. The van der Waals surface area contributed by atoms with Crippen LogP contribution in [0.1, 0.15) is 25.3 Å². The van der Waals surface area contributed by atoms with Crippen molar-refractivity contribution in [2.75, 3.05) is 6.61 Å². The van der Waals surface area contributed by atoms with Gasteiger partial charge in [0.05, 0.1) is 23.9 Å². The summed E-state index contributed by atoms with van der Waals surface area (Å²) in [7, 11) is 0. The molecule has 0 saturated carbocycles. The van der Waals surface area contributed by atoms with Gasteiger partial charge in [-0.05, 0) is 31.5 Å². The molecule has 6 heteroatoms. The third-order valence-electron chi connectivity index (χ3n) is 3.51. The number of halogens is 1. The second-order valence-corrected chi connectivity index (χ2v) is 4.89. The van der Waals surface area contributed by atoms with E-state index in [2.05, 4.69) is 11.1 Å². The van der Waals surface area contributed by atoms with Crippen LogP contribution in [0.2, 0.25) is 0 Å². The molecule has 2 atom stereocenters. The lowest BCUT2D eigenvalue weighted by Crippen LogP contribution is -2.35. The van der Waals surface area contributed by atoms with Gasteiger partial charge in [0.2, 0.25) is 0 Å². The van der Waals surface area contributed by atoms with Gasteiger partial charge in [0.25, 0.3) is 0 Å². The molecule has 2 unspecified atom stereocenters. The van der Waals surface area contributed by atoms with Crippen molar-refractivity contribution in [1.82, 2.24) is 0 Å². The van der Waals surface area contributed by atoms with Gasteiger partial charge in [-0.3, -0.25) is 0 Å². The number of carbonyl (C=O) groups excluding carboxylic acids is 1. The van der Waals surface area contributed by atoms with Crippen molar-refractivity contribution in [3.05, 3.63) is 46.9 Å². The fourth-order valence-corrected chi connectivity index (χ4v) is 2.54. The Balaban J connectivity index is 2.58. The Hall–Kier alpha value is -2.68. The Morgan fingerprint density at radius 2 is 2.09 bits per heavy atom. The van der Waals surface area contributed by atoms with Crippen molar-refractivity contribution in [3.8, 4) is 6.07 Å². The van der Waals surface area contributed by atoms with E-state index in [4.69, 9.17) is 10.5 Å². The summed E-state index contributed by atoms with van der Waals surface area (Å²) in [6, 6.07) is 7.71. The van der Waals surface area contributed by atoms with E-state index in [9.17, 15) is 14.4 Å². The van der Waals surface area contributed by atoms with E-state index >= 15 is 0 Å². The molecule has 114 valence electrons. The van der Waals surface area contributed by atoms with Crippen molar-refractivity contribution < 1.29 is 13.9 Å². The quantitative estimate of drug-likeness (QED) is 0.867. The van der Waals surface area contributed by atoms with Crippen LogP contribution in [-0.4, -0.2) is 18.4 Å². The number of allylic oxidation sites excluding steroid dienone is 1. The molecule has 22 heavy (non-hydrogen) atoms. The van der Waals surface area contributed by atoms with E-state index in [1.165, 1.54) is 24.3 Å². The molecule has 0 aromatic heterocycles. The number of carbonyl (C=O) groups is 1. The number of nitrogens with zero attached hydrogens (tertiary/aromatic N) is 2. The third-order valence-corrected chi connectivity index (χ3v) is 3.51. The predicted octanol–water partition coefficient (Wildman–Crippen LogP) is 2.26. The summed E-state index contributed by atoms with van der Waals surface area (Å²) < 4.78 is 18.2. The van der Waals surface area contributed by atoms with Crippen LogP contribution in [0.15, 0.2) is 40.5 Å². The molecule has 0 bridgehead atoms. The molecule has 2 rings (SSSR count). The predicted molar refractivity (Wildman–Crippen MR) is 79.2 cm³/mol. The lowest BCUT2D eigenvalue weighted by Gasteiger charge is -2.28. The van der Waals surface area contributed by atoms with E-state index in [1.54, 1.807) is 13.8 Å². The molecule has 0 spiro atoms. The highest BCUT2D eigenvalue weighted by Crippen LogP contribution is 2.38. The highest BCUT2D eigenvalue weighted by atomic mass is 19.1. The molecule has 5 nitrogen and oxygen atoms in total. The lowest BCUT2D eigenvalue weighted by molar-refractivity contribution is -0.139. The third kappa shape index (κ3) is 2.84. The van der Waals surface area contributed by atoms with Crippen molar-refractivity contribution in [1.29, 1.82) is 5.26 Å².